The molecule has 0 saturated carbocycles. The summed E-state index contributed by atoms with van der Waals surface area (Å²) in [6.45, 7) is 3.57. The standard InChI is InChI=1S/C22H16F4IN3O4/c1-3-31-11-5-7-13(20(25)18(11)23)33-15-9-17(29-30-16(27)10-28-22(15)30)34-14-8-6-12(32-4-2)19(24)21(14)26/h5-10H,3-4H2,1-2H3. The molecule has 34 heavy (non-hydrogen) atoms. The van der Waals surface area contributed by atoms with Crippen LogP contribution in [0.15, 0.2) is 36.5 Å². The Kier molecular flexibility index (Phi) is 6.95. The van der Waals surface area contributed by atoms with E-state index in [9.17, 15) is 17.6 Å². The number of nitrogens with zero attached hydrogens (tertiary/aromatic N) is 3. The van der Waals surface area contributed by atoms with Gasteiger partial charge in [-0.15, -0.1) is 5.10 Å². The number of fused-ring (bicyclic) bond motifs is 1. The van der Waals surface area contributed by atoms with Crippen LogP contribution in [0, 0.1) is 27.0 Å². The lowest BCUT2D eigenvalue weighted by Crippen LogP contribution is -2.03. The average Bonchev–Trinajstić information content (AvgIpc) is 3.19. The molecule has 2 aromatic carbocycles. The Morgan fingerprint density at radius 2 is 1.26 bits per heavy atom. The highest BCUT2D eigenvalue weighted by molar-refractivity contribution is 14.1. The maximum Gasteiger partial charge on any atom is 0.241 e. The fourth-order valence-corrected chi connectivity index (χ4v) is 3.44. The highest BCUT2D eigenvalue weighted by atomic mass is 127. The van der Waals surface area contributed by atoms with Crippen LogP contribution in [0.25, 0.3) is 5.65 Å². The van der Waals surface area contributed by atoms with E-state index >= 15 is 0 Å². The third-order valence-electron chi connectivity index (χ3n) is 4.43. The quantitative estimate of drug-likeness (QED) is 0.178. The van der Waals surface area contributed by atoms with Crippen molar-refractivity contribution >= 4 is 28.2 Å². The molecule has 0 N–H and O–H groups in total. The largest absolute Gasteiger partial charge is 0.491 e. The van der Waals surface area contributed by atoms with Crippen LogP contribution in [-0.4, -0.2) is 27.8 Å². The summed E-state index contributed by atoms with van der Waals surface area (Å²) in [5.74, 6) is -6.72. The fourth-order valence-electron chi connectivity index (χ4n) is 2.97. The summed E-state index contributed by atoms with van der Waals surface area (Å²) in [4.78, 5) is 4.15. The van der Waals surface area contributed by atoms with Crippen molar-refractivity contribution in [2.24, 2.45) is 0 Å². The van der Waals surface area contributed by atoms with E-state index in [4.69, 9.17) is 18.9 Å². The lowest BCUT2D eigenvalue weighted by Gasteiger charge is -2.13. The number of ether oxygens (including phenoxy) is 4. The second-order valence-corrected chi connectivity index (χ2v) is 7.72. The summed E-state index contributed by atoms with van der Waals surface area (Å²) in [7, 11) is 0. The number of hydrogen-bond donors (Lipinski definition) is 0. The molecule has 7 nitrogen and oxygen atoms in total. The van der Waals surface area contributed by atoms with Crippen molar-refractivity contribution in [2.75, 3.05) is 13.2 Å². The van der Waals surface area contributed by atoms with Gasteiger partial charge in [0.15, 0.2) is 34.4 Å². The molecular formula is C22H16F4IN3O4. The zero-order chi connectivity index (χ0) is 24.4. The molecule has 0 spiro atoms. The van der Waals surface area contributed by atoms with Crippen molar-refractivity contribution in [1.29, 1.82) is 0 Å². The van der Waals surface area contributed by atoms with Gasteiger partial charge in [-0.05, 0) is 60.7 Å². The van der Waals surface area contributed by atoms with E-state index in [-0.39, 0.29) is 42.0 Å². The van der Waals surface area contributed by atoms with E-state index in [0.717, 1.165) is 0 Å². The van der Waals surface area contributed by atoms with Gasteiger partial charge in [0, 0.05) is 6.07 Å². The Bertz CT molecular complexity index is 1370. The number of hydrogen-bond acceptors (Lipinski definition) is 6. The first kappa shape index (κ1) is 23.9. The Hall–Kier alpha value is -3.29. The third kappa shape index (κ3) is 4.54. The summed E-state index contributed by atoms with van der Waals surface area (Å²) in [5, 5.41) is 4.18. The molecule has 2 aromatic heterocycles. The van der Waals surface area contributed by atoms with Crippen LogP contribution in [0.5, 0.6) is 34.6 Å². The van der Waals surface area contributed by atoms with E-state index < -0.39 is 34.8 Å². The molecule has 0 saturated heterocycles. The van der Waals surface area contributed by atoms with Gasteiger partial charge in [-0.2, -0.15) is 17.6 Å². The first-order valence-corrected chi connectivity index (χ1v) is 11.0. The lowest BCUT2D eigenvalue weighted by molar-refractivity contribution is 0.308. The van der Waals surface area contributed by atoms with Crippen LogP contribution in [0.2, 0.25) is 0 Å². The second-order valence-electron chi connectivity index (χ2n) is 6.61. The third-order valence-corrected chi connectivity index (χ3v) is 5.16. The molecule has 4 rings (SSSR count). The second kappa shape index (κ2) is 9.91. The molecule has 4 aromatic rings. The number of halogens is 5. The Labute approximate surface area is 204 Å². The molecule has 0 aliphatic heterocycles. The molecule has 0 aliphatic rings. The summed E-state index contributed by atoms with van der Waals surface area (Å²) < 4.78 is 80.4. The van der Waals surface area contributed by atoms with Gasteiger partial charge in [0.05, 0.1) is 19.4 Å². The summed E-state index contributed by atoms with van der Waals surface area (Å²) in [6, 6.07) is 6.00. The van der Waals surface area contributed by atoms with Gasteiger partial charge in [0.2, 0.25) is 29.1 Å². The Morgan fingerprint density at radius 1 is 0.765 bits per heavy atom. The molecule has 0 aliphatic carbocycles. The maximum atomic E-state index is 14.6. The zero-order valence-corrected chi connectivity index (χ0v) is 19.9. The van der Waals surface area contributed by atoms with Crippen molar-refractivity contribution in [3.05, 3.63) is 63.5 Å². The van der Waals surface area contributed by atoms with Gasteiger partial charge in [0.25, 0.3) is 0 Å². The number of aromatic nitrogens is 3. The zero-order valence-electron chi connectivity index (χ0n) is 17.7. The minimum atomic E-state index is -1.28. The first-order chi connectivity index (χ1) is 16.3. The smallest absolute Gasteiger partial charge is 0.241 e. The van der Waals surface area contributed by atoms with Crippen LogP contribution >= 0.6 is 22.6 Å². The Morgan fingerprint density at radius 3 is 1.82 bits per heavy atom. The van der Waals surface area contributed by atoms with Gasteiger partial charge in [-0.1, -0.05) is 0 Å². The van der Waals surface area contributed by atoms with Gasteiger partial charge >= 0.3 is 0 Å². The molecule has 2 heterocycles. The van der Waals surface area contributed by atoms with Crippen molar-refractivity contribution in [2.45, 2.75) is 13.8 Å². The molecule has 12 heteroatoms. The summed E-state index contributed by atoms with van der Waals surface area (Å²) >= 11 is 1.93. The molecule has 0 radical (unpaired) electrons. The van der Waals surface area contributed by atoms with Crippen LogP contribution < -0.4 is 18.9 Å². The minimum absolute atomic E-state index is 0.0674. The monoisotopic (exact) mass is 589 g/mol. The van der Waals surface area contributed by atoms with Crippen LogP contribution in [0.1, 0.15) is 13.8 Å². The number of rotatable bonds is 8. The van der Waals surface area contributed by atoms with Crippen molar-refractivity contribution < 1.29 is 36.5 Å². The van der Waals surface area contributed by atoms with Crippen LogP contribution in [0.3, 0.4) is 0 Å². The topological polar surface area (TPSA) is 67.1 Å². The van der Waals surface area contributed by atoms with Gasteiger partial charge in [-0.25, -0.2) is 9.50 Å². The van der Waals surface area contributed by atoms with Crippen molar-refractivity contribution in [3.63, 3.8) is 0 Å². The van der Waals surface area contributed by atoms with E-state index in [2.05, 4.69) is 10.1 Å². The number of imidazole rings is 1. The number of benzene rings is 2. The Balaban J connectivity index is 1.73. The average molecular weight is 589 g/mol. The normalized spacial score (nSPS) is 11.0. The summed E-state index contributed by atoms with van der Waals surface area (Å²) in [6.07, 6.45) is 1.45. The van der Waals surface area contributed by atoms with E-state index in [1.165, 1.54) is 41.0 Å². The molecule has 0 amide bonds. The van der Waals surface area contributed by atoms with Gasteiger partial charge < -0.3 is 18.9 Å². The first-order valence-electron chi connectivity index (χ1n) is 9.95. The SMILES string of the molecule is CCOc1ccc(Oc2cc(Oc3ccc(OCC)c(F)c3F)c3ncc(I)n3n2)c(F)c1F. The van der Waals surface area contributed by atoms with E-state index in [0.29, 0.717) is 3.70 Å². The molecule has 178 valence electrons. The maximum absolute atomic E-state index is 14.6. The lowest BCUT2D eigenvalue weighted by atomic mass is 10.3. The molecule has 0 unspecified atom stereocenters. The minimum Gasteiger partial charge on any atom is -0.491 e. The predicted molar refractivity (Wildman–Crippen MR) is 121 cm³/mol. The van der Waals surface area contributed by atoms with Gasteiger partial charge in [0.1, 0.15) is 3.70 Å². The van der Waals surface area contributed by atoms with Crippen molar-refractivity contribution in [1.82, 2.24) is 14.6 Å². The van der Waals surface area contributed by atoms with Gasteiger partial charge in [-0.3, -0.25) is 0 Å². The highest BCUT2D eigenvalue weighted by Crippen LogP contribution is 2.36. The highest BCUT2D eigenvalue weighted by Gasteiger charge is 2.21. The van der Waals surface area contributed by atoms with Crippen LogP contribution in [-0.2, 0) is 0 Å². The van der Waals surface area contributed by atoms with Crippen LogP contribution in [0.4, 0.5) is 17.6 Å². The summed E-state index contributed by atoms with van der Waals surface area (Å²) in [5.41, 5.74) is 0.156. The molecule has 0 atom stereocenters. The van der Waals surface area contributed by atoms with E-state index in [1.807, 2.05) is 22.6 Å². The molecule has 0 fully saturated rings. The van der Waals surface area contributed by atoms with Crippen molar-refractivity contribution in [3.8, 4) is 34.6 Å². The molecular weight excluding hydrogens is 573 g/mol. The predicted octanol–water partition coefficient (Wildman–Crippen LogP) is 6.27. The molecule has 0 bridgehead atoms. The van der Waals surface area contributed by atoms with E-state index in [1.54, 1.807) is 13.8 Å². The fraction of sp³-hybridized carbons (Fsp3) is 0.182.